The number of fused-ring (bicyclic) bond motifs is 1. The molecule has 0 radical (unpaired) electrons. The standard InChI is InChI=1S/C18H22N6O2/c1-3-24-16(20-21-18(24)26)13-6-9-22(10-7-13)17(25)14-11-23-8-4-5-12(2)15(23)19-14/h4-5,8,11,13H,3,6-7,9-10H2,1-2H3,(H,21,26). The molecule has 1 fully saturated rings. The van der Waals surface area contributed by atoms with Crippen molar-refractivity contribution in [2.45, 2.75) is 39.2 Å². The molecule has 4 heterocycles. The van der Waals surface area contributed by atoms with E-state index >= 15 is 0 Å². The number of carbonyl (C=O) groups excluding carboxylic acids is 1. The number of hydrogen-bond donors (Lipinski definition) is 1. The van der Waals surface area contributed by atoms with Crippen LogP contribution < -0.4 is 5.69 Å². The fourth-order valence-corrected chi connectivity index (χ4v) is 3.71. The topological polar surface area (TPSA) is 88.3 Å². The van der Waals surface area contributed by atoms with E-state index in [-0.39, 0.29) is 17.5 Å². The predicted octanol–water partition coefficient (Wildman–Crippen LogP) is 1.57. The van der Waals surface area contributed by atoms with Crippen molar-refractivity contribution in [3.63, 3.8) is 0 Å². The molecule has 0 aromatic carbocycles. The lowest BCUT2D eigenvalue weighted by Gasteiger charge is -2.31. The third kappa shape index (κ3) is 2.71. The van der Waals surface area contributed by atoms with Crippen LogP contribution in [0.3, 0.4) is 0 Å². The molecule has 1 N–H and O–H groups in total. The first kappa shape index (κ1) is 16.6. The lowest BCUT2D eigenvalue weighted by molar-refractivity contribution is 0.0705. The number of piperidine rings is 1. The number of nitrogens with zero attached hydrogens (tertiary/aromatic N) is 5. The van der Waals surface area contributed by atoms with Crippen LogP contribution in [0.1, 0.15) is 47.6 Å². The molecule has 0 aliphatic carbocycles. The lowest BCUT2D eigenvalue weighted by atomic mass is 9.95. The molecule has 3 aromatic heterocycles. The summed E-state index contributed by atoms with van der Waals surface area (Å²) in [6, 6.07) is 3.93. The molecule has 0 atom stereocenters. The van der Waals surface area contributed by atoms with E-state index in [1.54, 1.807) is 10.8 Å². The monoisotopic (exact) mass is 354 g/mol. The predicted molar refractivity (Wildman–Crippen MR) is 96.3 cm³/mol. The highest BCUT2D eigenvalue weighted by Gasteiger charge is 2.28. The van der Waals surface area contributed by atoms with Crippen LogP contribution in [-0.2, 0) is 6.54 Å². The minimum absolute atomic E-state index is 0.0403. The average molecular weight is 354 g/mol. The summed E-state index contributed by atoms with van der Waals surface area (Å²) in [4.78, 5) is 30.9. The van der Waals surface area contributed by atoms with Gasteiger partial charge in [-0.2, -0.15) is 5.10 Å². The number of likely N-dealkylation sites (tertiary alicyclic amines) is 1. The number of aromatic amines is 1. The first-order valence-electron chi connectivity index (χ1n) is 8.97. The van der Waals surface area contributed by atoms with Crippen LogP contribution in [0, 0.1) is 6.92 Å². The molecule has 1 aliphatic heterocycles. The molecular weight excluding hydrogens is 332 g/mol. The first-order chi connectivity index (χ1) is 12.6. The van der Waals surface area contributed by atoms with Crippen molar-refractivity contribution in [1.82, 2.24) is 29.0 Å². The van der Waals surface area contributed by atoms with Crippen LogP contribution in [0.25, 0.3) is 5.65 Å². The zero-order valence-corrected chi connectivity index (χ0v) is 15.0. The van der Waals surface area contributed by atoms with Gasteiger partial charge in [-0.1, -0.05) is 6.07 Å². The Kier molecular flexibility index (Phi) is 4.10. The van der Waals surface area contributed by atoms with E-state index in [0.717, 1.165) is 29.9 Å². The van der Waals surface area contributed by atoms with Gasteiger partial charge in [-0.05, 0) is 38.3 Å². The van der Waals surface area contributed by atoms with Crippen molar-refractivity contribution < 1.29 is 4.79 Å². The number of hydrogen-bond acceptors (Lipinski definition) is 4. The van der Waals surface area contributed by atoms with Gasteiger partial charge < -0.3 is 9.30 Å². The largest absolute Gasteiger partial charge is 0.343 e. The van der Waals surface area contributed by atoms with Gasteiger partial charge in [-0.3, -0.25) is 9.36 Å². The highest BCUT2D eigenvalue weighted by molar-refractivity contribution is 5.93. The summed E-state index contributed by atoms with van der Waals surface area (Å²) in [5, 5.41) is 6.71. The van der Waals surface area contributed by atoms with E-state index in [0.29, 0.717) is 25.3 Å². The number of aryl methyl sites for hydroxylation is 1. The summed E-state index contributed by atoms with van der Waals surface area (Å²) >= 11 is 0. The zero-order valence-electron chi connectivity index (χ0n) is 15.0. The number of aromatic nitrogens is 5. The van der Waals surface area contributed by atoms with Crippen molar-refractivity contribution in [3.8, 4) is 0 Å². The van der Waals surface area contributed by atoms with Gasteiger partial charge in [0.1, 0.15) is 17.2 Å². The van der Waals surface area contributed by atoms with Crippen LogP contribution in [0.4, 0.5) is 0 Å². The van der Waals surface area contributed by atoms with Gasteiger partial charge in [0.25, 0.3) is 5.91 Å². The summed E-state index contributed by atoms with van der Waals surface area (Å²) < 4.78 is 3.56. The SMILES string of the molecule is CCn1c(C2CCN(C(=O)c3cn4cccc(C)c4n3)CC2)n[nH]c1=O. The Morgan fingerprint density at radius 2 is 2.12 bits per heavy atom. The van der Waals surface area contributed by atoms with E-state index in [1.807, 2.05) is 41.5 Å². The Morgan fingerprint density at radius 1 is 1.35 bits per heavy atom. The number of rotatable bonds is 3. The third-order valence-corrected chi connectivity index (χ3v) is 5.15. The second-order valence-electron chi connectivity index (χ2n) is 6.75. The minimum atomic E-state index is -0.166. The molecular formula is C18H22N6O2. The highest BCUT2D eigenvalue weighted by Crippen LogP contribution is 2.26. The Morgan fingerprint density at radius 3 is 2.81 bits per heavy atom. The zero-order chi connectivity index (χ0) is 18.3. The molecule has 3 aromatic rings. The molecule has 0 bridgehead atoms. The minimum Gasteiger partial charge on any atom is -0.337 e. The molecule has 0 unspecified atom stereocenters. The quantitative estimate of drug-likeness (QED) is 0.773. The van der Waals surface area contributed by atoms with Crippen molar-refractivity contribution in [2.24, 2.45) is 0 Å². The molecule has 8 heteroatoms. The van der Waals surface area contributed by atoms with Gasteiger partial charge in [-0.15, -0.1) is 0 Å². The van der Waals surface area contributed by atoms with Crippen LogP contribution in [0.2, 0.25) is 0 Å². The summed E-state index contributed by atoms with van der Waals surface area (Å²) in [6.45, 7) is 5.80. The number of pyridine rings is 1. The molecule has 4 rings (SSSR count). The smallest absolute Gasteiger partial charge is 0.337 e. The first-order valence-corrected chi connectivity index (χ1v) is 8.97. The van der Waals surface area contributed by atoms with Crippen molar-refractivity contribution >= 4 is 11.6 Å². The van der Waals surface area contributed by atoms with E-state index in [1.165, 1.54) is 0 Å². The summed E-state index contributed by atoms with van der Waals surface area (Å²) in [7, 11) is 0. The Labute approximate surface area is 150 Å². The van der Waals surface area contributed by atoms with Gasteiger partial charge in [-0.25, -0.2) is 14.9 Å². The van der Waals surface area contributed by atoms with Crippen molar-refractivity contribution in [2.75, 3.05) is 13.1 Å². The van der Waals surface area contributed by atoms with Gasteiger partial charge in [0.2, 0.25) is 0 Å². The fraction of sp³-hybridized carbons (Fsp3) is 0.444. The molecule has 26 heavy (non-hydrogen) atoms. The third-order valence-electron chi connectivity index (χ3n) is 5.15. The average Bonchev–Trinajstić information content (AvgIpc) is 3.25. The van der Waals surface area contributed by atoms with Crippen LogP contribution in [-0.4, -0.2) is 48.0 Å². The molecule has 0 saturated carbocycles. The maximum atomic E-state index is 12.8. The Bertz CT molecular complexity index is 1010. The number of H-pyrrole nitrogens is 1. The van der Waals surface area contributed by atoms with E-state index in [4.69, 9.17) is 0 Å². The molecule has 0 spiro atoms. The normalized spacial score (nSPS) is 15.7. The van der Waals surface area contributed by atoms with Crippen molar-refractivity contribution in [1.29, 1.82) is 0 Å². The molecule has 8 nitrogen and oxygen atoms in total. The molecule has 1 amide bonds. The van der Waals surface area contributed by atoms with Crippen LogP contribution in [0.5, 0.6) is 0 Å². The number of amides is 1. The molecule has 136 valence electrons. The van der Waals surface area contributed by atoms with Gasteiger partial charge in [0.05, 0.1) is 0 Å². The second-order valence-corrected chi connectivity index (χ2v) is 6.75. The van der Waals surface area contributed by atoms with Gasteiger partial charge in [0, 0.05) is 37.9 Å². The van der Waals surface area contributed by atoms with Crippen LogP contribution >= 0.6 is 0 Å². The Hall–Kier alpha value is -2.90. The van der Waals surface area contributed by atoms with E-state index < -0.39 is 0 Å². The molecule has 1 aliphatic rings. The number of imidazole rings is 1. The summed E-state index contributed by atoms with van der Waals surface area (Å²) in [5.74, 6) is 0.954. The van der Waals surface area contributed by atoms with Crippen molar-refractivity contribution in [3.05, 3.63) is 52.1 Å². The van der Waals surface area contributed by atoms with E-state index in [9.17, 15) is 9.59 Å². The number of nitrogens with one attached hydrogen (secondary N) is 1. The lowest BCUT2D eigenvalue weighted by Crippen LogP contribution is -2.38. The van der Waals surface area contributed by atoms with Gasteiger partial charge in [0.15, 0.2) is 0 Å². The Balaban J connectivity index is 1.49. The second kappa shape index (κ2) is 6.44. The van der Waals surface area contributed by atoms with Crippen LogP contribution in [0.15, 0.2) is 29.3 Å². The fourth-order valence-electron chi connectivity index (χ4n) is 3.71. The highest BCUT2D eigenvalue weighted by atomic mass is 16.2. The summed E-state index contributed by atoms with van der Waals surface area (Å²) in [6.07, 6.45) is 5.28. The number of carbonyl (C=O) groups is 1. The molecule has 1 saturated heterocycles. The summed E-state index contributed by atoms with van der Waals surface area (Å²) in [5.41, 5.74) is 2.17. The maximum absolute atomic E-state index is 12.8. The maximum Gasteiger partial charge on any atom is 0.343 e. The van der Waals surface area contributed by atoms with Gasteiger partial charge >= 0.3 is 5.69 Å². The van der Waals surface area contributed by atoms with E-state index in [2.05, 4.69) is 15.2 Å².